The Morgan fingerprint density at radius 3 is 2.23 bits per heavy atom. The minimum absolute atomic E-state index is 0.00292. The predicted octanol–water partition coefficient (Wildman–Crippen LogP) is 0.547. The topological polar surface area (TPSA) is 96.0 Å². The molecule has 1 atom stereocenters. The van der Waals surface area contributed by atoms with Gasteiger partial charge in [0.15, 0.2) is 5.78 Å². The van der Waals surface area contributed by atoms with Crippen LogP contribution in [-0.4, -0.2) is 68.0 Å². The van der Waals surface area contributed by atoms with Crippen molar-refractivity contribution in [3.05, 3.63) is 0 Å². The van der Waals surface area contributed by atoms with Gasteiger partial charge in [-0.25, -0.2) is 0 Å². The maximum atomic E-state index is 10.9. The number of carbonyl (C=O) groups excluding carboxylic acids is 4. The molecule has 0 N–H and O–H groups in total. The molecule has 0 bridgehead atoms. The fraction of sp³-hybridized carbons (Fsp3) is 0.692. The lowest BCUT2D eigenvalue weighted by atomic mass is 10.1. The number of hydrogen-bond donors (Lipinski definition) is 0. The van der Waals surface area contributed by atoms with Crippen molar-refractivity contribution in [1.82, 2.24) is 0 Å². The molecule has 1 saturated heterocycles. The molecule has 1 aliphatic heterocycles. The summed E-state index contributed by atoms with van der Waals surface area (Å²) in [5, 5.41) is 0. The van der Waals surface area contributed by atoms with Crippen molar-refractivity contribution in [3.63, 3.8) is 0 Å². The number of thioether (sulfide) groups is 2. The highest BCUT2D eigenvalue weighted by Gasteiger charge is 2.32. The van der Waals surface area contributed by atoms with Crippen LogP contribution in [0.3, 0.4) is 0 Å². The van der Waals surface area contributed by atoms with Gasteiger partial charge < -0.3 is 14.2 Å². The summed E-state index contributed by atoms with van der Waals surface area (Å²) < 4.78 is 13.3. The Kier molecular flexibility index (Phi) is 11.7. The van der Waals surface area contributed by atoms with E-state index in [4.69, 9.17) is 0 Å². The van der Waals surface area contributed by atoms with Crippen molar-refractivity contribution in [2.45, 2.75) is 6.42 Å². The molecule has 0 aromatic carbocycles. The molecule has 7 nitrogen and oxygen atoms in total. The van der Waals surface area contributed by atoms with Crippen LogP contribution >= 0.6 is 23.5 Å². The van der Waals surface area contributed by atoms with E-state index in [1.165, 1.54) is 44.9 Å². The molecule has 0 aromatic rings. The summed E-state index contributed by atoms with van der Waals surface area (Å²) in [4.78, 5) is 42.8. The Bertz CT molecular complexity index is 380. The molecule has 0 spiro atoms. The first-order valence-electron chi connectivity index (χ1n) is 6.35. The van der Waals surface area contributed by atoms with E-state index >= 15 is 0 Å². The molecule has 0 saturated carbocycles. The van der Waals surface area contributed by atoms with Crippen LogP contribution in [0.5, 0.6) is 0 Å². The van der Waals surface area contributed by atoms with Crippen molar-refractivity contribution in [1.29, 1.82) is 0 Å². The molecule has 1 unspecified atom stereocenters. The Morgan fingerprint density at radius 1 is 1.14 bits per heavy atom. The highest BCUT2D eigenvalue weighted by molar-refractivity contribution is 8.00. The summed E-state index contributed by atoms with van der Waals surface area (Å²) in [6.07, 6.45) is 0.332. The van der Waals surface area contributed by atoms with Crippen LogP contribution in [0.4, 0.5) is 0 Å². The average molecular weight is 352 g/mol. The monoisotopic (exact) mass is 352 g/mol. The lowest BCUT2D eigenvalue weighted by Crippen LogP contribution is -2.23. The minimum atomic E-state index is -0.491. The van der Waals surface area contributed by atoms with Crippen LogP contribution in [0.25, 0.3) is 0 Å². The molecule has 22 heavy (non-hydrogen) atoms. The summed E-state index contributed by atoms with van der Waals surface area (Å²) in [6, 6.07) is 0. The first-order chi connectivity index (χ1) is 10.5. The molecule has 0 amide bonds. The number of hydrogen-bond acceptors (Lipinski definition) is 9. The van der Waals surface area contributed by atoms with E-state index in [0.717, 1.165) is 0 Å². The Balaban J connectivity index is 0.000000406. The zero-order valence-electron chi connectivity index (χ0n) is 12.8. The second-order valence-corrected chi connectivity index (χ2v) is 6.15. The molecule has 1 rings (SSSR count). The number of ketones is 1. The molecular weight excluding hydrogens is 332 g/mol. The van der Waals surface area contributed by atoms with E-state index in [1.54, 1.807) is 0 Å². The summed E-state index contributed by atoms with van der Waals surface area (Å²) in [5.74, 6) is 0.500. The van der Waals surface area contributed by atoms with Gasteiger partial charge in [0.2, 0.25) is 0 Å². The van der Waals surface area contributed by atoms with E-state index < -0.39 is 11.9 Å². The second-order valence-electron chi connectivity index (χ2n) is 4.01. The van der Waals surface area contributed by atoms with Gasteiger partial charge in [0.1, 0.15) is 5.92 Å². The fourth-order valence-corrected chi connectivity index (χ4v) is 3.10. The molecule has 0 radical (unpaired) electrons. The van der Waals surface area contributed by atoms with Gasteiger partial charge in [-0.2, -0.15) is 11.8 Å². The average Bonchev–Trinajstić information content (AvgIpc) is 2.96. The maximum absolute atomic E-state index is 10.9. The van der Waals surface area contributed by atoms with Crippen LogP contribution in [0.15, 0.2) is 0 Å². The molecule has 1 fully saturated rings. The van der Waals surface area contributed by atoms with Gasteiger partial charge in [0.25, 0.3) is 0 Å². The first kappa shape index (κ1) is 20.8. The zero-order valence-corrected chi connectivity index (χ0v) is 14.4. The van der Waals surface area contributed by atoms with Crippen LogP contribution < -0.4 is 0 Å². The fourth-order valence-electron chi connectivity index (χ4n) is 1.28. The number of methoxy groups -OCH3 is 3. The largest absolute Gasteiger partial charge is 0.469 e. The lowest BCUT2D eigenvalue weighted by Gasteiger charge is -2.01. The van der Waals surface area contributed by atoms with Gasteiger partial charge in [-0.05, 0) is 0 Å². The van der Waals surface area contributed by atoms with Crippen molar-refractivity contribution < 1.29 is 33.4 Å². The van der Waals surface area contributed by atoms with E-state index in [2.05, 4.69) is 14.2 Å². The van der Waals surface area contributed by atoms with Crippen LogP contribution in [-0.2, 0) is 33.4 Å². The molecule has 126 valence electrons. The predicted molar refractivity (Wildman–Crippen MR) is 83.8 cm³/mol. The van der Waals surface area contributed by atoms with Gasteiger partial charge in [-0.1, -0.05) is 0 Å². The summed E-state index contributed by atoms with van der Waals surface area (Å²) in [5.41, 5.74) is 0. The smallest absolute Gasteiger partial charge is 0.317 e. The van der Waals surface area contributed by atoms with Gasteiger partial charge in [0, 0.05) is 11.5 Å². The highest BCUT2D eigenvalue weighted by Crippen LogP contribution is 2.20. The third kappa shape index (κ3) is 8.93. The second kappa shape index (κ2) is 12.3. The molecular formula is C13H20O7S2. The van der Waals surface area contributed by atoms with Crippen molar-refractivity contribution in [2.75, 3.05) is 44.3 Å². The SMILES string of the molecule is COC(=O)C1CSCC1=O.COC(=O)CCSCC(=O)OC. The van der Waals surface area contributed by atoms with E-state index in [1.807, 2.05) is 0 Å². The van der Waals surface area contributed by atoms with E-state index in [-0.39, 0.29) is 23.5 Å². The van der Waals surface area contributed by atoms with Crippen molar-refractivity contribution in [2.24, 2.45) is 5.92 Å². The molecule has 1 heterocycles. The first-order valence-corrected chi connectivity index (χ1v) is 8.66. The molecule has 1 aliphatic rings. The summed E-state index contributed by atoms with van der Waals surface area (Å²) in [6.45, 7) is 0. The number of esters is 3. The minimum Gasteiger partial charge on any atom is -0.469 e. The molecule has 9 heteroatoms. The Labute approximate surface area is 137 Å². The summed E-state index contributed by atoms with van der Waals surface area (Å²) in [7, 11) is 3.98. The molecule has 0 aliphatic carbocycles. The Morgan fingerprint density at radius 2 is 1.77 bits per heavy atom. The van der Waals surface area contributed by atoms with Crippen molar-refractivity contribution in [3.8, 4) is 0 Å². The van der Waals surface area contributed by atoms with E-state index in [0.29, 0.717) is 23.7 Å². The number of ether oxygens (including phenoxy) is 3. The van der Waals surface area contributed by atoms with Gasteiger partial charge in [-0.3, -0.25) is 19.2 Å². The third-order valence-corrected chi connectivity index (χ3v) is 4.52. The number of rotatable bonds is 6. The zero-order chi connectivity index (χ0) is 17.0. The lowest BCUT2D eigenvalue weighted by molar-refractivity contribution is -0.147. The third-order valence-electron chi connectivity index (χ3n) is 2.53. The van der Waals surface area contributed by atoms with Gasteiger partial charge >= 0.3 is 17.9 Å². The van der Waals surface area contributed by atoms with Crippen LogP contribution in [0, 0.1) is 5.92 Å². The summed E-state index contributed by atoms with van der Waals surface area (Å²) >= 11 is 2.84. The maximum Gasteiger partial charge on any atom is 0.317 e. The normalized spacial score (nSPS) is 16.3. The standard InChI is InChI=1S/C7H12O4S.C6H8O3S/c1-10-6(8)3-4-12-5-7(9)11-2;1-9-6(8)4-2-10-3-5(4)7/h3-5H2,1-2H3;4H,2-3H2,1H3. The van der Waals surface area contributed by atoms with Crippen molar-refractivity contribution >= 4 is 47.2 Å². The molecule has 0 aromatic heterocycles. The van der Waals surface area contributed by atoms with E-state index in [9.17, 15) is 19.2 Å². The van der Waals surface area contributed by atoms with Gasteiger partial charge in [0.05, 0.1) is 39.3 Å². The Hall–Kier alpha value is -1.22. The van der Waals surface area contributed by atoms with Crippen LogP contribution in [0.1, 0.15) is 6.42 Å². The number of Topliss-reactive ketones (excluding diaryl/α,β-unsaturated/α-hetero) is 1. The highest BCUT2D eigenvalue weighted by atomic mass is 32.2. The quantitative estimate of drug-likeness (QED) is 0.294. The van der Waals surface area contributed by atoms with Crippen LogP contribution in [0.2, 0.25) is 0 Å². The van der Waals surface area contributed by atoms with Gasteiger partial charge in [-0.15, -0.1) is 11.8 Å². The number of carbonyl (C=O) groups is 4.